The molecule has 1 rings (SSSR count). The molecule has 100 valence electrons. The van der Waals surface area contributed by atoms with Crippen molar-refractivity contribution >= 4 is 21.9 Å². The molecule has 0 saturated heterocycles. The van der Waals surface area contributed by atoms with Crippen molar-refractivity contribution in [2.24, 2.45) is 5.14 Å². The van der Waals surface area contributed by atoms with Crippen LogP contribution in [-0.4, -0.2) is 25.1 Å². The van der Waals surface area contributed by atoms with Gasteiger partial charge in [0, 0.05) is 0 Å². The van der Waals surface area contributed by atoms with Crippen molar-refractivity contribution in [2.75, 3.05) is 5.32 Å². The highest BCUT2D eigenvalue weighted by Gasteiger charge is 2.17. The van der Waals surface area contributed by atoms with E-state index >= 15 is 0 Å². The zero-order valence-electron chi connectivity index (χ0n) is 10.3. The Hall–Kier alpha value is -1.67. The summed E-state index contributed by atoms with van der Waals surface area (Å²) in [5, 5.41) is 6.92. The molecule has 0 bridgehead atoms. The minimum Gasteiger partial charge on any atom is -0.444 e. The average Bonchev–Trinajstić information content (AvgIpc) is 2.13. The fraction of sp³-hybridized carbons (Fsp3) is 0.400. The molecule has 0 fully saturated rings. The first-order valence-corrected chi connectivity index (χ1v) is 6.62. The van der Waals surface area contributed by atoms with Crippen molar-refractivity contribution in [3.63, 3.8) is 0 Å². The van der Waals surface area contributed by atoms with Gasteiger partial charge in [-0.2, -0.15) is 0 Å². The van der Waals surface area contributed by atoms with Gasteiger partial charge in [-0.3, -0.25) is 5.32 Å². The van der Waals surface area contributed by atoms with E-state index in [0.717, 1.165) is 0 Å². The third kappa shape index (κ3) is 4.68. The highest BCUT2D eigenvalue weighted by Crippen LogP contribution is 2.11. The van der Waals surface area contributed by atoms with Crippen LogP contribution in [0.2, 0.25) is 0 Å². The van der Waals surface area contributed by atoms with Crippen LogP contribution in [0, 0.1) is 0 Å². The Morgan fingerprint density at radius 2 is 2.00 bits per heavy atom. The second kappa shape index (κ2) is 4.91. The number of nitrogens with one attached hydrogen (secondary N) is 1. The van der Waals surface area contributed by atoms with Crippen LogP contribution in [0.4, 0.5) is 10.6 Å². The van der Waals surface area contributed by atoms with Crippen LogP contribution in [0.15, 0.2) is 23.2 Å². The first-order chi connectivity index (χ1) is 8.08. The van der Waals surface area contributed by atoms with Crippen LogP contribution in [0.25, 0.3) is 0 Å². The van der Waals surface area contributed by atoms with Gasteiger partial charge in [0.15, 0.2) is 5.03 Å². The van der Waals surface area contributed by atoms with Gasteiger partial charge in [0.1, 0.15) is 11.4 Å². The van der Waals surface area contributed by atoms with Gasteiger partial charge >= 0.3 is 6.09 Å². The Bertz CT molecular complexity index is 548. The number of primary sulfonamides is 1. The lowest BCUT2D eigenvalue weighted by molar-refractivity contribution is 0.0635. The number of anilines is 1. The topological polar surface area (TPSA) is 111 Å². The first kappa shape index (κ1) is 14.4. The van der Waals surface area contributed by atoms with E-state index in [2.05, 4.69) is 10.3 Å². The van der Waals surface area contributed by atoms with E-state index in [0.29, 0.717) is 0 Å². The summed E-state index contributed by atoms with van der Waals surface area (Å²) in [6.07, 6.45) is -0.721. The van der Waals surface area contributed by atoms with Crippen molar-refractivity contribution in [3.05, 3.63) is 18.2 Å². The largest absolute Gasteiger partial charge is 0.444 e. The van der Waals surface area contributed by atoms with E-state index < -0.39 is 21.7 Å². The molecule has 0 atom stereocenters. The van der Waals surface area contributed by atoms with Crippen molar-refractivity contribution in [2.45, 2.75) is 31.4 Å². The maximum Gasteiger partial charge on any atom is 0.413 e. The monoisotopic (exact) mass is 273 g/mol. The van der Waals surface area contributed by atoms with Crippen molar-refractivity contribution in [1.82, 2.24) is 4.98 Å². The van der Waals surface area contributed by atoms with E-state index in [-0.39, 0.29) is 10.8 Å². The van der Waals surface area contributed by atoms with Crippen LogP contribution in [-0.2, 0) is 14.8 Å². The van der Waals surface area contributed by atoms with Gasteiger partial charge in [0.25, 0.3) is 10.0 Å². The van der Waals surface area contributed by atoms with Gasteiger partial charge in [0.05, 0.1) is 0 Å². The van der Waals surface area contributed by atoms with E-state index in [1.807, 2.05) is 0 Å². The molecule has 0 aromatic carbocycles. The van der Waals surface area contributed by atoms with Crippen LogP contribution >= 0.6 is 0 Å². The predicted molar refractivity (Wildman–Crippen MR) is 65.5 cm³/mol. The summed E-state index contributed by atoms with van der Waals surface area (Å²) in [7, 11) is -3.90. The maximum absolute atomic E-state index is 11.4. The number of ether oxygens (including phenoxy) is 1. The van der Waals surface area contributed by atoms with Gasteiger partial charge in [-0.1, -0.05) is 6.07 Å². The molecule has 3 N–H and O–H groups in total. The predicted octanol–water partition coefficient (Wildman–Crippen LogP) is 1.08. The molecule has 0 unspecified atom stereocenters. The SMILES string of the molecule is CC(C)(C)OC(=O)Nc1cccc(S(N)(=O)=O)n1. The highest BCUT2D eigenvalue weighted by molar-refractivity contribution is 7.89. The summed E-state index contributed by atoms with van der Waals surface area (Å²) < 4.78 is 27.1. The van der Waals surface area contributed by atoms with Gasteiger partial charge in [-0.15, -0.1) is 0 Å². The Morgan fingerprint density at radius 1 is 1.39 bits per heavy atom. The summed E-state index contributed by atoms with van der Waals surface area (Å²) in [6, 6.07) is 4.08. The van der Waals surface area contributed by atoms with E-state index in [9.17, 15) is 13.2 Å². The van der Waals surface area contributed by atoms with E-state index in [4.69, 9.17) is 9.88 Å². The number of nitrogens with two attached hydrogens (primary N) is 1. The number of pyridine rings is 1. The van der Waals surface area contributed by atoms with Gasteiger partial charge < -0.3 is 4.74 Å². The molecule has 7 nitrogen and oxygen atoms in total. The Kier molecular flexibility index (Phi) is 3.92. The zero-order chi connectivity index (χ0) is 14.0. The molecule has 1 aromatic rings. The quantitative estimate of drug-likeness (QED) is 0.837. The van der Waals surface area contributed by atoms with Crippen LogP contribution in [0.1, 0.15) is 20.8 Å². The number of aromatic nitrogens is 1. The number of hydrogen-bond acceptors (Lipinski definition) is 5. The second-order valence-electron chi connectivity index (χ2n) is 4.53. The third-order valence-corrected chi connectivity index (χ3v) is 2.45. The number of carbonyl (C=O) groups is 1. The fourth-order valence-electron chi connectivity index (χ4n) is 1.05. The maximum atomic E-state index is 11.4. The summed E-state index contributed by atoms with van der Waals surface area (Å²) in [6.45, 7) is 5.13. The molecule has 0 saturated carbocycles. The number of carbonyl (C=O) groups excluding carboxylic acids is 1. The van der Waals surface area contributed by atoms with E-state index in [1.165, 1.54) is 18.2 Å². The van der Waals surface area contributed by atoms with Gasteiger partial charge in [0.2, 0.25) is 0 Å². The molecule has 0 radical (unpaired) electrons. The average molecular weight is 273 g/mol. The molecule has 1 heterocycles. The molecule has 18 heavy (non-hydrogen) atoms. The molecular formula is C10H15N3O4S. The molecule has 0 aliphatic carbocycles. The number of rotatable bonds is 2. The summed E-state index contributed by atoms with van der Waals surface area (Å²) in [4.78, 5) is 15.1. The second-order valence-corrected chi connectivity index (χ2v) is 6.04. The summed E-state index contributed by atoms with van der Waals surface area (Å²) >= 11 is 0. The first-order valence-electron chi connectivity index (χ1n) is 5.08. The Morgan fingerprint density at radius 3 is 2.50 bits per heavy atom. The molecule has 0 aliphatic rings. The van der Waals surface area contributed by atoms with Crippen molar-refractivity contribution < 1.29 is 17.9 Å². The zero-order valence-corrected chi connectivity index (χ0v) is 11.1. The minimum atomic E-state index is -3.90. The number of hydrogen-bond donors (Lipinski definition) is 2. The normalized spacial score (nSPS) is 12.0. The minimum absolute atomic E-state index is 0.0516. The fourth-order valence-corrected chi connectivity index (χ4v) is 1.54. The van der Waals surface area contributed by atoms with Crippen LogP contribution < -0.4 is 10.5 Å². The lowest BCUT2D eigenvalue weighted by Crippen LogP contribution is -2.27. The Labute approximate surface area is 105 Å². The van der Waals surface area contributed by atoms with Gasteiger partial charge in [-0.05, 0) is 32.9 Å². The summed E-state index contributed by atoms with van der Waals surface area (Å²) in [5.74, 6) is 0.0516. The molecule has 8 heteroatoms. The number of sulfonamides is 1. The number of amides is 1. The standard InChI is InChI=1S/C10H15N3O4S/c1-10(2,3)17-9(14)13-7-5-4-6-8(12-7)18(11,15)16/h4-6H,1-3H3,(H2,11,15,16)(H,12,13,14). The molecule has 0 spiro atoms. The lowest BCUT2D eigenvalue weighted by atomic mass is 10.2. The van der Waals surface area contributed by atoms with Crippen molar-refractivity contribution in [1.29, 1.82) is 0 Å². The molecule has 1 aromatic heterocycles. The van der Waals surface area contributed by atoms with Crippen LogP contribution in [0.5, 0.6) is 0 Å². The van der Waals surface area contributed by atoms with Crippen LogP contribution in [0.3, 0.4) is 0 Å². The van der Waals surface area contributed by atoms with Gasteiger partial charge in [-0.25, -0.2) is 23.3 Å². The third-order valence-electron chi connectivity index (χ3n) is 1.64. The lowest BCUT2D eigenvalue weighted by Gasteiger charge is -2.19. The molecule has 1 amide bonds. The van der Waals surface area contributed by atoms with Crippen molar-refractivity contribution in [3.8, 4) is 0 Å². The van der Waals surface area contributed by atoms with E-state index in [1.54, 1.807) is 20.8 Å². The molecular weight excluding hydrogens is 258 g/mol. The highest BCUT2D eigenvalue weighted by atomic mass is 32.2. The smallest absolute Gasteiger partial charge is 0.413 e. The summed E-state index contributed by atoms with van der Waals surface area (Å²) in [5.41, 5.74) is -0.651. The Balaban J connectivity index is 2.84. The number of nitrogens with zero attached hydrogens (tertiary/aromatic N) is 1. The molecule has 0 aliphatic heterocycles.